The Morgan fingerprint density at radius 2 is 1.76 bits per heavy atom. The van der Waals surface area contributed by atoms with E-state index in [4.69, 9.17) is 15.2 Å². The molecule has 17 heavy (non-hydrogen) atoms. The van der Waals surface area contributed by atoms with Crippen LogP contribution in [-0.2, 0) is 4.74 Å². The normalized spacial score (nSPS) is 15.4. The van der Waals surface area contributed by atoms with Crippen LogP contribution in [0.1, 0.15) is 39.4 Å². The summed E-state index contributed by atoms with van der Waals surface area (Å²) in [6.45, 7) is 8.02. The molecule has 0 heterocycles. The first-order chi connectivity index (χ1) is 7.85. The zero-order chi connectivity index (χ0) is 13.1. The summed E-state index contributed by atoms with van der Waals surface area (Å²) in [7, 11) is 1.66. The van der Waals surface area contributed by atoms with Crippen LogP contribution in [0, 0.1) is 0 Å². The van der Waals surface area contributed by atoms with Gasteiger partial charge in [-0.1, -0.05) is 18.2 Å². The summed E-state index contributed by atoms with van der Waals surface area (Å²) in [4.78, 5) is 0. The molecule has 0 radical (unpaired) electrons. The van der Waals surface area contributed by atoms with Crippen molar-refractivity contribution in [3.05, 3.63) is 29.8 Å². The van der Waals surface area contributed by atoms with E-state index < -0.39 is 0 Å². The van der Waals surface area contributed by atoms with E-state index in [9.17, 15) is 0 Å². The lowest BCUT2D eigenvalue weighted by molar-refractivity contribution is -0.0708. The van der Waals surface area contributed by atoms with Gasteiger partial charge in [-0.2, -0.15) is 0 Å². The van der Waals surface area contributed by atoms with Gasteiger partial charge in [0.1, 0.15) is 11.9 Å². The van der Waals surface area contributed by atoms with Gasteiger partial charge >= 0.3 is 0 Å². The van der Waals surface area contributed by atoms with Crippen molar-refractivity contribution >= 4 is 0 Å². The first-order valence-electron chi connectivity index (χ1n) is 5.91. The molecule has 2 N–H and O–H groups in total. The second kappa shape index (κ2) is 5.52. The lowest BCUT2D eigenvalue weighted by Crippen LogP contribution is -2.33. The minimum atomic E-state index is -0.237. The van der Waals surface area contributed by atoms with Gasteiger partial charge in [0.15, 0.2) is 0 Å². The number of benzene rings is 1. The highest BCUT2D eigenvalue weighted by atomic mass is 16.5. The first kappa shape index (κ1) is 14.0. The van der Waals surface area contributed by atoms with Crippen LogP contribution < -0.4 is 10.5 Å². The van der Waals surface area contributed by atoms with Crippen molar-refractivity contribution in [3.63, 3.8) is 0 Å². The van der Waals surface area contributed by atoms with E-state index in [1.807, 2.05) is 52.0 Å². The molecule has 1 rings (SSSR count). The van der Waals surface area contributed by atoms with E-state index >= 15 is 0 Å². The van der Waals surface area contributed by atoms with E-state index in [1.165, 1.54) is 0 Å². The van der Waals surface area contributed by atoms with Crippen molar-refractivity contribution in [2.45, 2.75) is 45.4 Å². The van der Waals surface area contributed by atoms with Crippen LogP contribution >= 0.6 is 0 Å². The van der Waals surface area contributed by atoms with Crippen LogP contribution in [0.4, 0.5) is 0 Å². The van der Waals surface area contributed by atoms with Crippen molar-refractivity contribution in [1.29, 1.82) is 0 Å². The predicted molar refractivity (Wildman–Crippen MR) is 70.2 cm³/mol. The van der Waals surface area contributed by atoms with Crippen LogP contribution in [0.25, 0.3) is 0 Å². The molecule has 96 valence electrons. The number of rotatable bonds is 4. The Morgan fingerprint density at radius 1 is 1.18 bits per heavy atom. The Kier molecular flexibility index (Phi) is 4.54. The summed E-state index contributed by atoms with van der Waals surface area (Å²) >= 11 is 0. The summed E-state index contributed by atoms with van der Waals surface area (Å²) in [5.74, 6) is 0.819. The average molecular weight is 237 g/mol. The van der Waals surface area contributed by atoms with E-state index in [0.29, 0.717) is 0 Å². The smallest absolute Gasteiger partial charge is 0.124 e. The number of hydrogen-bond acceptors (Lipinski definition) is 3. The van der Waals surface area contributed by atoms with Gasteiger partial charge in [0.05, 0.1) is 12.7 Å². The number of para-hydroxylation sites is 1. The average Bonchev–Trinajstić information content (AvgIpc) is 2.24. The molecule has 2 unspecified atom stereocenters. The third-order valence-electron chi connectivity index (χ3n) is 2.40. The number of ether oxygens (including phenoxy) is 2. The van der Waals surface area contributed by atoms with E-state index in [2.05, 4.69) is 0 Å². The molecule has 0 aliphatic heterocycles. The monoisotopic (exact) mass is 237 g/mol. The third kappa shape index (κ3) is 4.02. The second-order valence-electron chi connectivity index (χ2n) is 5.25. The molecule has 0 amide bonds. The highest BCUT2D eigenvalue weighted by molar-refractivity contribution is 5.35. The van der Waals surface area contributed by atoms with Crippen molar-refractivity contribution in [1.82, 2.24) is 0 Å². The standard InChI is InChI=1S/C14H23NO2/c1-10(15)13(17-14(2,3)4)11-8-6-7-9-12(11)16-5/h6-10,13H,15H2,1-5H3. The maximum Gasteiger partial charge on any atom is 0.124 e. The molecule has 0 fully saturated rings. The molecular formula is C14H23NO2. The predicted octanol–water partition coefficient (Wildman–Crippen LogP) is 2.90. The largest absolute Gasteiger partial charge is 0.496 e. The molecule has 0 saturated heterocycles. The Labute approximate surface area is 104 Å². The lowest BCUT2D eigenvalue weighted by Gasteiger charge is -2.31. The van der Waals surface area contributed by atoms with Crippen molar-refractivity contribution in [2.75, 3.05) is 7.11 Å². The van der Waals surface area contributed by atoms with Gasteiger partial charge in [0.25, 0.3) is 0 Å². The number of hydrogen-bond donors (Lipinski definition) is 1. The topological polar surface area (TPSA) is 44.5 Å². The van der Waals surface area contributed by atoms with Crippen molar-refractivity contribution < 1.29 is 9.47 Å². The Balaban J connectivity index is 3.05. The van der Waals surface area contributed by atoms with Crippen LogP contribution in [-0.4, -0.2) is 18.8 Å². The zero-order valence-electron chi connectivity index (χ0n) is 11.4. The summed E-state index contributed by atoms with van der Waals surface area (Å²) in [5, 5.41) is 0. The summed E-state index contributed by atoms with van der Waals surface area (Å²) < 4.78 is 11.4. The van der Waals surface area contributed by atoms with Gasteiger partial charge in [-0.25, -0.2) is 0 Å². The van der Waals surface area contributed by atoms with Crippen LogP contribution in [0.2, 0.25) is 0 Å². The first-order valence-corrected chi connectivity index (χ1v) is 5.91. The molecule has 0 spiro atoms. The second-order valence-corrected chi connectivity index (χ2v) is 5.25. The van der Waals surface area contributed by atoms with Crippen LogP contribution in [0.5, 0.6) is 5.75 Å². The molecule has 3 heteroatoms. The fraction of sp³-hybridized carbons (Fsp3) is 0.571. The number of nitrogens with two attached hydrogens (primary N) is 1. The molecule has 0 aliphatic rings. The molecule has 3 nitrogen and oxygen atoms in total. The van der Waals surface area contributed by atoms with E-state index in [1.54, 1.807) is 7.11 Å². The van der Waals surface area contributed by atoms with E-state index in [-0.39, 0.29) is 17.7 Å². The minimum absolute atomic E-state index is 0.0921. The molecule has 0 aliphatic carbocycles. The highest BCUT2D eigenvalue weighted by Gasteiger charge is 2.25. The Hall–Kier alpha value is -1.06. The molecule has 1 aromatic rings. The molecular weight excluding hydrogens is 214 g/mol. The molecule has 0 aromatic heterocycles. The van der Waals surface area contributed by atoms with Crippen molar-refractivity contribution in [2.24, 2.45) is 5.73 Å². The molecule has 0 bridgehead atoms. The fourth-order valence-electron chi connectivity index (χ4n) is 1.74. The molecule has 0 saturated carbocycles. The molecule has 1 aromatic carbocycles. The lowest BCUT2D eigenvalue weighted by atomic mass is 10.0. The van der Waals surface area contributed by atoms with Gasteiger partial charge in [0, 0.05) is 11.6 Å². The summed E-state index contributed by atoms with van der Waals surface area (Å²) in [6.07, 6.45) is -0.161. The molecule has 2 atom stereocenters. The van der Waals surface area contributed by atoms with Gasteiger partial charge < -0.3 is 15.2 Å². The Bertz CT molecular complexity index is 355. The van der Waals surface area contributed by atoms with Gasteiger partial charge in [-0.15, -0.1) is 0 Å². The minimum Gasteiger partial charge on any atom is -0.496 e. The van der Waals surface area contributed by atoms with Crippen molar-refractivity contribution in [3.8, 4) is 5.75 Å². The van der Waals surface area contributed by atoms with Crippen LogP contribution in [0.15, 0.2) is 24.3 Å². The quantitative estimate of drug-likeness (QED) is 0.875. The van der Waals surface area contributed by atoms with Gasteiger partial charge in [-0.05, 0) is 33.8 Å². The summed E-state index contributed by atoms with van der Waals surface area (Å²) in [5.41, 5.74) is 6.78. The summed E-state index contributed by atoms with van der Waals surface area (Å²) in [6, 6.07) is 7.75. The van der Waals surface area contributed by atoms with E-state index in [0.717, 1.165) is 11.3 Å². The SMILES string of the molecule is COc1ccccc1C(OC(C)(C)C)C(C)N. The maximum absolute atomic E-state index is 6.02. The third-order valence-corrected chi connectivity index (χ3v) is 2.40. The maximum atomic E-state index is 6.02. The number of methoxy groups -OCH3 is 1. The van der Waals surface area contributed by atoms with Gasteiger partial charge in [-0.3, -0.25) is 0 Å². The Morgan fingerprint density at radius 3 is 2.24 bits per heavy atom. The van der Waals surface area contributed by atoms with Gasteiger partial charge in [0.2, 0.25) is 0 Å². The fourth-order valence-corrected chi connectivity index (χ4v) is 1.74. The van der Waals surface area contributed by atoms with Crippen LogP contribution in [0.3, 0.4) is 0 Å². The zero-order valence-corrected chi connectivity index (χ0v) is 11.4. The highest BCUT2D eigenvalue weighted by Crippen LogP contribution is 2.32.